The Labute approximate surface area is 242 Å². The number of aliphatic hydroxyl groups excluding tert-OH is 1. The summed E-state index contributed by atoms with van der Waals surface area (Å²) in [5.74, 6) is -1.14. The highest BCUT2D eigenvalue weighted by atomic mass is 35.5. The Bertz CT molecular complexity index is 1530. The summed E-state index contributed by atoms with van der Waals surface area (Å²) < 4.78 is 21.9. The van der Waals surface area contributed by atoms with Crippen molar-refractivity contribution >= 4 is 46.3 Å². The van der Waals surface area contributed by atoms with Crippen molar-refractivity contribution < 1.29 is 33.6 Å². The number of ether oxygens (including phenoxy) is 4. The number of anilines is 1. The number of methoxy groups -OCH3 is 3. The number of nitrogens with zero attached hydrogens (tertiary/aromatic N) is 1. The predicted molar refractivity (Wildman–Crippen MR) is 154 cm³/mol. The van der Waals surface area contributed by atoms with Crippen LogP contribution in [-0.4, -0.2) is 44.7 Å². The van der Waals surface area contributed by atoms with E-state index in [0.717, 1.165) is 11.1 Å². The Balaban J connectivity index is 2.06. The smallest absolute Gasteiger partial charge is 0.300 e. The third kappa shape index (κ3) is 4.93. The first-order valence-electron chi connectivity index (χ1n) is 12.4. The zero-order valence-corrected chi connectivity index (χ0v) is 24.4. The van der Waals surface area contributed by atoms with Gasteiger partial charge < -0.3 is 24.1 Å². The van der Waals surface area contributed by atoms with E-state index in [1.807, 2.05) is 32.9 Å². The van der Waals surface area contributed by atoms with Crippen molar-refractivity contribution in [3.8, 4) is 23.0 Å². The second-order valence-electron chi connectivity index (χ2n) is 9.09. The van der Waals surface area contributed by atoms with Gasteiger partial charge >= 0.3 is 0 Å². The number of halogens is 2. The van der Waals surface area contributed by atoms with Crippen LogP contribution in [0.1, 0.15) is 35.2 Å². The standard InChI is InChI=1S/C30H29Cl2NO7/c1-7-40-22-13-17(9-11-21(22)37-4)25-23(26(34)18-14-19(31)29(39-6)24(32)28(18)38-5)27(35)30(36)33(25)20-10-8-15(2)12-16(20)3/h8-14,25,34H,7H2,1-6H3/b26-23+. The van der Waals surface area contributed by atoms with Crippen molar-refractivity contribution in [3.63, 3.8) is 0 Å². The quantitative estimate of drug-likeness (QED) is 0.179. The van der Waals surface area contributed by atoms with Gasteiger partial charge in [0, 0.05) is 5.69 Å². The molecule has 0 aromatic heterocycles. The zero-order valence-electron chi connectivity index (χ0n) is 22.9. The highest BCUT2D eigenvalue weighted by Gasteiger charge is 2.48. The molecule has 1 unspecified atom stereocenters. The third-order valence-corrected chi connectivity index (χ3v) is 7.28. The minimum Gasteiger partial charge on any atom is -0.507 e. The fourth-order valence-electron chi connectivity index (χ4n) is 4.90. The molecule has 4 rings (SSSR count). The number of Topliss-reactive ketones (excluding diaryl/α,β-unsaturated/α-hetero) is 1. The summed E-state index contributed by atoms with van der Waals surface area (Å²) in [6, 6.07) is 11.0. The average molecular weight is 586 g/mol. The number of rotatable bonds is 8. The molecule has 1 aliphatic rings. The molecule has 210 valence electrons. The molecule has 3 aromatic rings. The minimum atomic E-state index is -1.03. The molecular formula is C30H29Cl2NO7. The number of aliphatic hydroxyl groups is 1. The topological polar surface area (TPSA) is 94.5 Å². The van der Waals surface area contributed by atoms with Gasteiger partial charge in [-0.1, -0.05) is 47.0 Å². The van der Waals surface area contributed by atoms with Gasteiger partial charge in [-0.3, -0.25) is 14.5 Å². The molecule has 10 heteroatoms. The fraction of sp³-hybridized carbons (Fsp3) is 0.267. The van der Waals surface area contributed by atoms with Gasteiger partial charge in [0.2, 0.25) is 0 Å². The highest BCUT2D eigenvalue weighted by Crippen LogP contribution is 2.49. The molecule has 1 N–H and O–H groups in total. The van der Waals surface area contributed by atoms with Gasteiger partial charge in [-0.05, 0) is 56.2 Å². The lowest BCUT2D eigenvalue weighted by Crippen LogP contribution is -2.30. The van der Waals surface area contributed by atoms with Crippen LogP contribution in [0.3, 0.4) is 0 Å². The van der Waals surface area contributed by atoms with Gasteiger partial charge in [0.05, 0.1) is 50.1 Å². The first-order valence-corrected chi connectivity index (χ1v) is 13.1. The summed E-state index contributed by atoms with van der Waals surface area (Å²) in [5, 5.41) is 11.8. The van der Waals surface area contributed by atoms with E-state index in [1.165, 1.54) is 32.3 Å². The van der Waals surface area contributed by atoms with Crippen molar-refractivity contribution in [1.82, 2.24) is 0 Å². The SMILES string of the molecule is CCOc1cc(C2/C(=C(\O)c3cc(Cl)c(OC)c(Cl)c3OC)C(=O)C(=O)N2c2ccc(C)cc2C)ccc1OC. The normalized spacial score (nSPS) is 16.3. The van der Waals surface area contributed by atoms with Gasteiger partial charge in [0.25, 0.3) is 11.7 Å². The maximum absolute atomic E-state index is 13.7. The van der Waals surface area contributed by atoms with Crippen LogP contribution in [0.5, 0.6) is 23.0 Å². The molecule has 3 aromatic carbocycles. The van der Waals surface area contributed by atoms with Gasteiger partial charge in [-0.15, -0.1) is 0 Å². The average Bonchev–Trinajstić information content (AvgIpc) is 3.18. The number of carbonyl (C=O) groups excluding carboxylic acids is 2. The summed E-state index contributed by atoms with van der Waals surface area (Å²) in [4.78, 5) is 28.7. The molecule has 40 heavy (non-hydrogen) atoms. The minimum absolute atomic E-state index is 0.00212. The molecular weight excluding hydrogens is 557 g/mol. The first kappa shape index (κ1) is 29.1. The van der Waals surface area contributed by atoms with Crippen LogP contribution >= 0.6 is 23.2 Å². The largest absolute Gasteiger partial charge is 0.507 e. The van der Waals surface area contributed by atoms with Gasteiger partial charge in [-0.25, -0.2) is 0 Å². The van der Waals surface area contributed by atoms with E-state index >= 15 is 0 Å². The highest BCUT2D eigenvalue weighted by molar-refractivity contribution is 6.52. The molecule has 1 heterocycles. The van der Waals surface area contributed by atoms with Crippen molar-refractivity contribution in [2.24, 2.45) is 0 Å². The van der Waals surface area contributed by atoms with E-state index < -0.39 is 23.5 Å². The number of benzene rings is 3. The summed E-state index contributed by atoms with van der Waals surface area (Å²) in [7, 11) is 4.26. The van der Waals surface area contributed by atoms with E-state index in [-0.39, 0.29) is 32.7 Å². The third-order valence-electron chi connectivity index (χ3n) is 6.65. The second-order valence-corrected chi connectivity index (χ2v) is 9.87. The monoisotopic (exact) mass is 585 g/mol. The Hall–Kier alpha value is -3.88. The van der Waals surface area contributed by atoms with Gasteiger partial charge in [0.15, 0.2) is 23.0 Å². The maximum Gasteiger partial charge on any atom is 0.300 e. The second kappa shape index (κ2) is 11.7. The summed E-state index contributed by atoms with van der Waals surface area (Å²) in [6.07, 6.45) is 0. The predicted octanol–water partition coefficient (Wildman–Crippen LogP) is 6.66. The Morgan fingerprint density at radius 2 is 1.62 bits per heavy atom. The fourth-order valence-corrected chi connectivity index (χ4v) is 5.58. The summed E-state index contributed by atoms with van der Waals surface area (Å²) >= 11 is 12.9. The van der Waals surface area contributed by atoms with Crippen LogP contribution in [0.25, 0.3) is 5.76 Å². The number of aryl methyl sites for hydroxylation is 2. The van der Waals surface area contributed by atoms with Crippen molar-refractivity contribution in [2.45, 2.75) is 26.8 Å². The van der Waals surface area contributed by atoms with E-state index in [1.54, 1.807) is 24.3 Å². The molecule has 0 radical (unpaired) electrons. The molecule has 0 saturated carbocycles. The lowest BCUT2D eigenvalue weighted by molar-refractivity contribution is -0.132. The maximum atomic E-state index is 13.7. The van der Waals surface area contributed by atoms with Gasteiger partial charge in [0.1, 0.15) is 10.8 Å². The molecule has 8 nitrogen and oxygen atoms in total. The number of hydrogen-bond acceptors (Lipinski definition) is 7. The van der Waals surface area contributed by atoms with Crippen LogP contribution < -0.4 is 23.8 Å². The molecule has 1 amide bonds. The molecule has 0 aliphatic carbocycles. The number of carbonyl (C=O) groups is 2. The summed E-state index contributed by atoms with van der Waals surface area (Å²) in [5.41, 5.74) is 2.65. The van der Waals surface area contributed by atoms with Crippen LogP contribution in [0.4, 0.5) is 5.69 Å². The van der Waals surface area contributed by atoms with Crippen LogP contribution in [-0.2, 0) is 9.59 Å². The van der Waals surface area contributed by atoms with Crippen molar-refractivity contribution in [2.75, 3.05) is 32.8 Å². The first-order chi connectivity index (χ1) is 19.1. The lowest BCUT2D eigenvalue weighted by atomic mass is 9.94. The molecule has 0 bridgehead atoms. The van der Waals surface area contributed by atoms with Crippen LogP contribution in [0, 0.1) is 13.8 Å². The molecule has 1 aliphatic heterocycles. The van der Waals surface area contributed by atoms with E-state index in [2.05, 4.69) is 0 Å². The summed E-state index contributed by atoms with van der Waals surface area (Å²) in [6.45, 7) is 5.97. The molecule has 1 fully saturated rings. The zero-order chi connectivity index (χ0) is 29.3. The lowest BCUT2D eigenvalue weighted by Gasteiger charge is -2.27. The van der Waals surface area contributed by atoms with E-state index in [4.69, 9.17) is 42.1 Å². The number of hydrogen-bond donors (Lipinski definition) is 1. The number of ketones is 1. The Morgan fingerprint density at radius 1 is 0.925 bits per heavy atom. The van der Waals surface area contributed by atoms with Crippen molar-refractivity contribution in [1.29, 1.82) is 0 Å². The van der Waals surface area contributed by atoms with Crippen LogP contribution in [0.2, 0.25) is 10.0 Å². The molecule has 0 spiro atoms. The van der Waals surface area contributed by atoms with Gasteiger partial charge in [-0.2, -0.15) is 0 Å². The van der Waals surface area contributed by atoms with Crippen LogP contribution in [0.15, 0.2) is 48.0 Å². The van der Waals surface area contributed by atoms with E-state index in [9.17, 15) is 14.7 Å². The Kier molecular flexibility index (Phi) is 8.51. The molecule has 1 atom stereocenters. The van der Waals surface area contributed by atoms with E-state index in [0.29, 0.717) is 29.4 Å². The van der Waals surface area contributed by atoms with Crippen molar-refractivity contribution in [3.05, 3.63) is 80.3 Å². The Morgan fingerprint density at radius 3 is 2.23 bits per heavy atom. The number of amides is 1. The molecule has 1 saturated heterocycles.